The van der Waals surface area contributed by atoms with Crippen molar-refractivity contribution >= 4 is 34.8 Å². The van der Waals surface area contributed by atoms with E-state index in [1.165, 1.54) is 18.4 Å². The summed E-state index contributed by atoms with van der Waals surface area (Å²) in [5, 5.41) is 4.61. The van der Waals surface area contributed by atoms with Crippen LogP contribution in [0.25, 0.3) is 5.69 Å². The number of rotatable bonds is 7. The molecule has 0 radical (unpaired) electrons. The maximum absolute atomic E-state index is 12.7. The van der Waals surface area contributed by atoms with Crippen LogP contribution in [0.2, 0.25) is 4.34 Å². The van der Waals surface area contributed by atoms with Crippen LogP contribution < -0.4 is 0 Å². The Kier molecular flexibility index (Phi) is 6.95. The molecule has 0 aliphatic carbocycles. The lowest BCUT2D eigenvalue weighted by molar-refractivity contribution is -0.140. The van der Waals surface area contributed by atoms with Crippen molar-refractivity contribution in [2.45, 2.75) is 33.2 Å². The number of ether oxygens (including phenoxy) is 1. The van der Waals surface area contributed by atoms with Crippen LogP contribution in [-0.4, -0.2) is 40.7 Å². The summed E-state index contributed by atoms with van der Waals surface area (Å²) >= 11 is 7.44. The lowest BCUT2D eigenvalue weighted by Gasteiger charge is -2.16. The number of aryl methyl sites for hydroxylation is 1. The van der Waals surface area contributed by atoms with E-state index in [1.54, 1.807) is 24.1 Å². The van der Waals surface area contributed by atoms with E-state index in [0.29, 0.717) is 29.3 Å². The first-order chi connectivity index (χ1) is 14.3. The van der Waals surface area contributed by atoms with Crippen molar-refractivity contribution in [2.75, 3.05) is 14.2 Å². The first kappa shape index (κ1) is 22.1. The summed E-state index contributed by atoms with van der Waals surface area (Å²) in [6, 6.07) is 11.1. The molecule has 2 aromatic heterocycles. The van der Waals surface area contributed by atoms with Gasteiger partial charge in [-0.15, -0.1) is 11.3 Å². The Balaban J connectivity index is 1.73. The second kappa shape index (κ2) is 9.45. The Morgan fingerprint density at radius 3 is 2.47 bits per heavy atom. The topological polar surface area (TPSA) is 64.4 Å². The summed E-state index contributed by atoms with van der Waals surface area (Å²) in [7, 11) is 3.17. The minimum Gasteiger partial charge on any atom is -0.469 e. The zero-order valence-electron chi connectivity index (χ0n) is 17.4. The van der Waals surface area contributed by atoms with Crippen LogP contribution in [0, 0.1) is 13.8 Å². The molecule has 0 unspecified atom stereocenters. The Morgan fingerprint density at radius 1 is 1.17 bits per heavy atom. The average Bonchev–Trinajstić information content (AvgIpc) is 3.27. The van der Waals surface area contributed by atoms with Gasteiger partial charge < -0.3 is 9.64 Å². The lowest BCUT2D eigenvalue weighted by Crippen LogP contribution is -2.25. The third-order valence-corrected chi connectivity index (χ3v) is 6.19. The van der Waals surface area contributed by atoms with Crippen molar-refractivity contribution < 1.29 is 14.3 Å². The highest BCUT2D eigenvalue weighted by molar-refractivity contribution is 7.16. The monoisotopic (exact) mass is 445 g/mol. The van der Waals surface area contributed by atoms with E-state index < -0.39 is 0 Å². The molecule has 0 spiro atoms. The molecule has 0 aliphatic rings. The van der Waals surface area contributed by atoms with Gasteiger partial charge in [0.1, 0.15) is 0 Å². The van der Waals surface area contributed by atoms with Gasteiger partial charge >= 0.3 is 5.97 Å². The number of halogens is 1. The van der Waals surface area contributed by atoms with Crippen molar-refractivity contribution in [3.05, 3.63) is 68.1 Å². The van der Waals surface area contributed by atoms with Gasteiger partial charge in [-0.2, -0.15) is 5.10 Å². The lowest BCUT2D eigenvalue weighted by atomic mass is 10.1. The number of aromatic nitrogens is 2. The highest BCUT2D eigenvalue weighted by Crippen LogP contribution is 2.23. The normalized spacial score (nSPS) is 10.8. The van der Waals surface area contributed by atoms with Crippen LogP contribution in [-0.2, 0) is 22.5 Å². The van der Waals surface area contributed by atoms with Crippen molar-refractivity contribution in [3.8, 4) is 5.69 Å². The molecule has 0 fully saturated rings. The molecule has 0 aliphatic heterocycles. The SMILES string of the molecule is COC(=O)CCc1c(C)nn(-c2ccc(C(=O)N(C)Cc3ccc(Cl)s3)cc2)c1C. The van der Waals surface area contributed by atoms with Crippen LogP contribution in [0.3, 0.4) is 0 Å². The van der Waals surface area contributed by atoms with Gasteiger partial charge in [0.25, 0.3) is 5.91 Å². The van der Waals surface area contributed by atoms with Crippen LogP contribution in [0.1, 0.15) is 38.6 Å². The quantitative estimate of drug-likeness (QED) is 0.499. The van der Waals surface area contributed by atoms with Crippen LogP contribution in [0.15, 0.2) is 36.4 Å². The van der Waals surface area contributed by atoms with Crippen molar-refractivity contribution in [3.63, 3.8) is 0 Å². The summed E-state index contributed by atoms with van der Waals surface area (Å²) in [6.45, 7) is 4.42. The molecule has 1 aromatic carbocycles. The molecule has 2 heterocycles. The predicted molar refractivity (Wildman–Crippen MR) is 119 cm³/mol. The van der Waals surface area contributed by atoms with Crippen molar-refractivity contribution in [2.24, 2.45) is 0 Å². The van der Waals surface area contributed by atoms with E-state index in [0.717, 1.165) is 27.5 Å². The maximum Gasteiger partial charge on any atom is 0.305 e. The van der Waals surface area contributed by atoms with E-state index in [2.05, 4.69) is 5.10 Å². The number of hydrogen-bond acceptors (Lipinski definition) is 5. The summed E-state index contributed by atoms with van der Waals surface area (Å²) in [5.41, 5.74) is 4.36. The summed E-state index contributed by atoms with van der Waals surface area (Å²) < 4.78 is 7.28. The van der Waals surface area contributed by atoms with Crippen LogP contribution >= 0.6 is 22.9 Å². The highest BCUT2D eigenvalue weighted by atomic mass is 35.5. The molecule has 8 heteroatoms. The smallest absolute Gasteiger partial charge is 0.305 e. The molecule has 0 saturated carbocycles. The number of hydrogen-bond donors (Lipinski definition) is 0. The first-order valence-corrected chi connectivity index (χ1v) is 10.7. The molecule has 0 atom stereocenters. The largest absolute Gasteiger partial charge is 0.469 e. The number of benzene rings is 1. The summed E-state index contributed by atoms with van der Waals surface area (Å²) in [4.78, 5) is 26.9. The number of carbonyl (C=O) groups is 2. The van der Waals surface area contributed by atoms with Gasteiger partial charge in [-0.3, -0.25) is 9.59 Å². The Morgan fingerprint density at radius 2 is 1.87 bits per heavy atom. The van der Waals surface area contributed by atoms with E-state index in [-0.39, 0.29) is 11.9 Å². The Labute approximate surface area is 185 Å². The zero-order valence-corrected chi connectivity index (χ0v) is 19.0. The number of esters is 1. The average molecular weight is 446 g/mol. The van der Waals surface area contributed by atoms with Gasteiger partial charge in [-0.25, -0.2) is 4.68 Å². The second-order valence-electron chi connectivity index (χ2n) is 7.05. The number of thiophene rings is 1. The molecule has 0 saturated heterocycles. The third-order valence-electron chi connectivity index (χ3n) is 4.98. The fourth-order valence-electron chi connectivity index (χ4n) is 3.33. The second-order valence-corrected chi connectivity index (χ2v) is 8.85. The molecule has 3 rings (SSSR count). The molecule has 0 N–H and O–H groups in total. The van der Waals surface area contributed by atoms with Gasteiger partial charge in [-0.05, 0) is 62.2 Å². The zero-order chi connectivity index (χ0) is 21.8. The summed E-state index contributed by atoms with van der Waals surface area (Å²) in [5.74, 6) is -0.295. The molecular weight excluding hydrogens is 422 g/mol. The molecule has 0 bridgehead atoms. The number of nitrogens with zero attached hydrogens (tertiary/aromatic N) is 3. The maximum atomic E-state index is 12.7. The molecule has 6 nitrogen and oxygen atoms in total. The Hall–Kier alpha value is -2.64. The molecule has 30 heavy (non-hydrogen) atoms. The van der Waals surface area contributed by atoms with Crippen LogP contribution in [0.5, 0.6) is 0 Å². The standard InChI is InChI=1S/C22H24ClN3O3S/c1-14-19(10-12-21(27)29-4)15(2)26(24-14)17-7-5-16(6-8-17)22(28)25(3)13-18-9-11-20(23)30-18/h5-9,11H,10,12-13H2,1-4H3. The van der Waals surface area contributed by atoms with E-state index in [9.17, 15) is 9.59 Å². The highest BCUT2D eigenvalue weighted by Gasteiger charge is 2.16. The molecule has 3 aromatic rings. The van der Waals surface area contributed by atoms with Crippen molar-refractivity contribution in [1.29, 1.82) is 0 Å². The van der Waals surface area contributed by atoms with E-state index in [1.807, 2.05) is 42.8 Å². The number of amides is 1. The van der Waals surface area contributed by atoms with Gasteiger partial charge in [0.2, 0.25) is 0 Å². The predicted octanol–water partition coefficient (Wildman–Crippen LogP) is 4.58. The van der Waals surface area contributed by atoms with Crippen molar-refractivity contribution in [1.82, 2.24) is 14.7 Å². The number of methoxy groups -OCH3 is 1. The minimum absolute atomic E-state index is 0.0572. The molecule has 158 valence electrons. The Bertz CT molecular complexity index is 1060. The van der Waals surface area contributed by atoms with E-state index in [4.69, 9.17) is 16.3 Å². The fraction of sp³-hybridized carbons (Fsp3) is 0.318. The molecular formula is C22H24ClN3O3S. The first-order valence-electron chi connectivity index (χ1n) is 9.52. The molecule has 1 amide bonds. The van der Waals surface area contributed by atoms with Crippen LogP contribution in [0.4, 0.5) is 0 Å². The fourth-order valence-corrected chi connectivity index (χ4v) is 4.47. The number of carbonyl (C=O) groups excluding carboxylic acids is 2. The van der Waals surface area contributed by atoms with Gasteiger partial charge in [-0.1, -0.05) is 11.6 Å². The van der Waals surface area contributed by atoms with Gasteiger partial charge in [0.15, 0.2) is 0 Å². The third kappa shape index (κ3) is 4.91. The summed E-state index contributed by atoms with van der Waals surface area (Å²) in [6.07, 6.45) is 0.900. The van der Waals surface area contributed by atoms with Gasteiger partial charge in [0, 0.05) is 29.6 Å². The van der Waals surface area contributed by atoms with Gasteiger partial charge in [0.05, 0.1) is 29.4 Å². The minimum atomic E-state index is -0.238. The van der Waals surface area contributed by atoms with E-state index >= 15 is 0 Å².